The topological polar surface area (TPSA) is 29.3 Å². The molecule has 0 aromatic carbocycles. The first-order chi connectivity index (χ1) is 5.40. The first-order valence-electron chi connectivity index (χ1n) is 4.82. The minimum Gasteiger partial charge on any atom is -0.330 e. The van der Waals surface area contributed by atoms with Gasteiger partial charge in [0.15, 0.2) is 0 Å². The van der Waals surface area contributed by atoms with Crippen LogP contribution in [0.25, 0.3) is 0 Å². The van der Waals surface area contributed by atoms with E-state index in [0.717, 1.165) is 18.4 Å². The smallest absolute Gasteiger partial charge is 0.00129 e. The van der Waals surface area contributed by atoms with Crippen LogP contribution in [0.3, 0.4) is 0 Å². The van der Waals surface area contributed by atoms with Crippen LogP contribution in [-0.4, -0.2) is 31.1 Å². The van der Waals surface area contributed by atoms with Crippen molar-refractivity contribution in [3.63, 3.8) is 0 Å². The van der Waals surface area contributed by atoms with Crippen LogP contribution in [0.15, 0.2) is 0 Å². The number of hydrogen-bond acceptors (Lipinski definition) is 2. The largest absolute Gasteiger partial charge is 0.330 e. The van der Waals surface area contributed by atoms with Crippen LogP contribution in [-0.2, 0) is 0 Å². The lowest BCUT2D eigenvalue weighted by molar-refractivity contribution is 0.317. The normalized spacial score (nSPS) is 37.9. The molecule has 0 aromatic rings. The summed E-state index contributed by atoms with van der Waals surface area (Å²) in [7, 11) is 0. The number of nitrogens with two attached hydrogens (primary N) is 1. The van der Waals surface area contributed by atoms with E-state index >= 15 is 0 Å². The minimum atomic E-state index is 0.871. The van der Waals surface area contributed by atoms with E-state index in [9.17, 15) is 0 Å². The van der Waals surface area contributed by atoms with Gasteiger partial charge in [-0.2, -0.15) is 0 Å². The maximum absolute atomic E-state index is 5.58. The molecule has 2 nitrogen and oxygen atoms in total. The summed E-state index contributed by atoms with van der Waals surface area (Å²) in [6.45, 7) is 4.93. The van der Waals surface area contributed by atoms with Crippen LogP contribution in [0.2, 0.25) is 0 Å². The van der Waals surface area contributed by atoms with Crippen molar-refractivity contribution >= 4 is 0 Å². The Balaban J connectivity index is 1.66. The highest BCUT2D eigenvalue weighted by Gasteiger charge is 2.36. The van der Waals surface area contributed by atoms with Gasteiger partial charge in [-0.05, 0) is 50.7 Å². The predicted molar refractivity (Wildman–Crippen MR) is 46.3 cm³/mol. The number of rotatable bonds is 3. The van der Waals surface area contributed by atoms with E-state index in [4.69, 9.17) is 5.73 Å². The molecule has 1 aliphatic heterocycles. The zero-order valence-electron chi connectivity index (χ0n) is 7.13. The number of nitrogens with zero attached hydrogens (tertiary/aromatic N) is 1. The third-order valence-electron chi connectivity index (χ3n) is 3.06. The van der Waals surface area contributed by atoms with Crippen molar-refractivity contribution in [3.8, 4) is 0 Å². The second-order valence-electron chi connectivity index (χ2n) is 4.00. The van der Waals surface area contributed by atoms with Crippen molar-refractivity contribution in [1.82, 2.24) is 4.90 Å². The highest BCUT2D eigenvalue weighted by Crippen LogP contribution is 2.38. The Kier molecular flexibility index (Phi) is 2.14. The molecule has 0 aromatic heterocycles. The fraction of sp³-hybridized carbons (Fsp3) is 1.00. The van der Waals surface area contributed by atoms with E-state index in [1.54, 1.807) is 0 Å². The highest BCUT2D eigenvalue weighted by atomic mass is 15.1. The average molecular weight is 154 g/mol. The van der Waals surface area contributed by atoms with Crippen LogP contribution in [0.5, 0.6) is 0 Å². The molecule has 0 unspecified atom stereocenters. The Morgan fingerprint density at radius 3 is 2.45 bits per heavy atom. The van der Waals surface area contributed by atoms with Crippen LogP contribution in [0, 0.1) is 11.8 Å². The van der Waals surface area contributed by atoms with E-state index in [1.807, 2.05) is 0 Å². The van der Waals surface area contributed by atoms with E-state index in [0.29, 0.717) is 0 Å². The predicted octanol–water partition coefficient (Wildman–Crippen LogP) is 0.677. The van der Waals surface area contributed by atoms with Crippen LogP contribution in [0.4, 0.5) is 0 Å². The molecule has 0 spiro atoms. The molecule has 1 saturated carbocycles. The van der Waals surface area contributed by atoms with E-state index < -0.39 is 0 Å². The molecular formula is C9H18N2. The fourth-order valence-electron chi connectivity index (χ4n) is 2.12. The molecule has 0 amide bonds. The molecule has 0 bridgehead atoms. The molecule has 2 atom stereocenters. The Morgan fingerprint density at radius 2 is 1.91 bits per heavy atom. The molecule has 2 fully saturated rings. The zero-order chi connectivity index (χ0) is 7.68. The van der Waals surface area contributed by atoms with Gasteiger partial charge in [-0.3, -0.25) is 0 Å². The average Bonchev–Trinajstić information content (AvgIpc) is 2.54. The summed E-state index contributed by atoms with van der Waals surface area (Å²) >= 11 is 0. The van der Waals surface area contributed by atoms with Gasteiger partial charge < -0.3 is 10.6 Å². The molecule has 2 rings (SSSR count). The van der Waals surface area contributed by atoms with Gasteiger partial charge >= 0.3 is 0 Å². The molecule has 11 heavy (non-hydrogen) atoms. The van der Waals surface area contributed by atoms with Crippen molar-refractivity contribution in [2.45, 2.75) is 19.3 Å². The lowest BCUT2D eigenvalue weighted by atomic mass is 10.3. The minimum absolute atomic E-state index is 0.871. The zero-order valence-corrected chi connectivity index (χ0v) is 7.13. The Morgan fingerprint density at radius 1 is 1.18 bits per heavy atom. The van der Waals surface area contributed by atoms with Crippen molar-refractivity contribution < 1.29 is 0 Å². The van der Waals surface area contributed by atoms with Gasteiger partial charge in [0.2, 0.25) is 0 Å². The van der Waals surface area contributed by atoms with Crippen LogP contribution in [0.1, 0.15) is 19.3 Å². The van der Waals surface area contributed by atoms with Crippen LogP contribution >= 0.6 is 0 Å². The van der Waals surface area contributed by atoms with Crippen molar-refractivity contribution in [2.75, 3.05) is 26.2 Å². The molecule has 0 radical (unpaired) electrons. The van der Waals surface area contributed by atoms with Crippen molar-refractivity contribution in [1.29, 1.82) is 0 Å². The second kappa shape index (κ2) is 3.11. The van der Waals surface area contributed by atoms with E-state index in [-0.39, 0.29) is 0 Å². The third kappa shape index (κ3) is 1.74. The summed E-state index contributed by atoms with van der Waals surface area (Å²) in [5.74, 6) is 1.83. The first kappa shape index (κ1) is 7.56. The second-order valence-corrected chi connectivity index (χ2v) is 4.00. The maximum atomic E-state index is 5.58. The van der Waals surface area contributed by atoms with Gasteiger partial charge in [0.25, 0.3) is 0 Å². The van der Waals surface area contributed by atoms with E-state index in [2.05, 4.69) is 4.90 Å². The van der Waals surface area contributed by atoms with Gasteiger partial charge in [0.05, 0.1) is 0 Å². The van der Waals surface area contributed by atoms with Gasteiger partial charge in [0.1, 0.15) is 0 Å². The molecule has 2 aliphatic rings. The van der Waals surface area contributed by atoms with Crippen molar-refractivity contribution in [2.24, 2.45) is 17.6 Å². The molecule has 1 saturated heterocycles. The van der Waals surface area contributed by atoms with Gasteiger partial charge in [-0.25, -0.2) is 0 Å². The number of likely N-dealkylation sites (tertiary alicyclic amines) is 1. The monoisotopic (exact) mass is 154 g/mol. The van der Waals surface area contributed by atoms with E-state index in [1.165, 1.54) is 38.9 Å². The lowest BCUT2D eigenvalue weighted by Crippen LogP contribution is -2.22. The quantitative estimate of drug-likeness (QED) is 0.647. The summed E-state index contributed by atoms with van der Waals surface area (Å²) in [4.78, 5) is 2.60. The van der Waals surface area contributed by atoms with Gasteiger partial charge in [-0.1, -0.05) is 0 Å². The summed E-state index contributed by atoms with van der Waals surface area (Å²) in [6, 6.07) is 0. The SMILES string of the molecule is NC[C@@H]1C[C@H]1CN1CCCC1. The Bertz CT molecular complexity index is 130. The summed E-state index contributed by atoms with van der Waals surface area (Å²) in [5, 5.41) is 0. The highest BCUT2D eigenvalue weighted by molar-refractivity contribution is 4.89. The lowest BCUT2D eigenvalue weighted by Gasteiger charge is -2.13. The van der Waals surface area contributed by atoms with Crippen molar-refractivity contribution in [3.05, 3.63) is 0 Å². The maximum Gasteiger partial charge on any atom is 0.00129 e. The van der Waals surface area contributed by atoms with Gasteiger partial charge in [-0.15, -0.1) is 0 Å². The Labute approximate surface area is 68.7 Å². The molecule has 2 N–H and O–H groups in total. The molecular weight excluding hydrogens is 136 g/mol. The van der Waals surface area contributed by atoms with Gasteiger partial charge in [0, 0.05) is 6.54 Å². The molecule has 1 heterocycles. The Hall–Kier alpha value is -0.0800. The van der Waals surface area contributed by atoms with Crippen LogP contribution < -0.4 is 5.73 Å². The number of hydrogen-bond donors (Lipinski definition) is 1. The standard InChI is InChI=1S/C9H18N2/c10-6-8-5-9(8)7-11-3-1-2-4-11/h8-9H,1-7,10H2/t8-,9-/m0/s1. The fourth-order valence-corrected chi connectivity index (χ4v) is 2.12. The molecule has 1 aliphatic carbocycles. The molecule has 64 valence electrons. The molecule has 2 heteroatoms. The summed E-state index contributed by atoms with van der Waals surface area (Å²) < 4.78 is 0. The third-order valence-corrected chi connectivity index (χ3v) is 3.06. The first-order valence-corrected chi connectivity index (χ1v) is 4.82. The summed E-state index contributed by atoms with van der Waals surface area (Å²) in [6.07, 6.45) is 4.23. The summed E-state index contributed by atoms with van der Waals surface area (Å²) in [5.41, 5.74) is 5.58.